The second kappa shape index (κ2) is 6.61. The first kappa shape index (κ1) is 13.9. The smallest absolute Gasteiger partial charge is 0.170 e. The van der Waals surface area contributed by atoms with Crippen molar-refractivity contribution in [1.29, 1.82) is 0 Å². The fraction of sp³-hybridized carbons (Fsp3) is 0.188. The maximum atomic E-state index is 5.86. The Morgan fingerprint density at radius 2 is 1.90 bits per heavy atom. The van der Waals surface area contributed by atoms with Gasteiger partial charge >= 0.3 is 0 Å². The predicted octanol–water partition coefficient (Wildman–Crippen LogP) is 2.84. The number of methoxy groups -OCH3 is 1. The Kier molecular flexibility index (Phi) is 4.60. The number of nitrogens with two attached hydrogens (primary N) is 1. The highest BCUT2D eigenvalue weighted by Gasteiger charge is 2.00. The van der Waals surface area contributed by atoms with Gasteiger partial charge in [-0.05, 0) is 36.8 Å². The van der Waals surface area contributed by atoms with E-state index in [0.717, 1.165) is 16.9 Å². The van der Waals surface area contributed by atoms with Crippen molar-refractivity contribution in [2.24, 2.45) is 10.9 Å². The van der Waals surface area contributed by atoms with Crippen LogP contribution in [0.2, 0.25) is 0 Å². The molecule has 4 nitrogen and oxygen atoms in total. The van der Waals surface area contributed by atoms with Crippen molar-refractivity contribution in [1.82, 2.24) is 0 Å². The lowest BCUT2D eigenvalue weighted by Crippen LogP contribution is -2.13. The molecule has 104 valence electrons. The third-order valence-electron chi connectivity index (χ3n) is 2.86. The van der Waals surface area contributed by atoms with Crippen molar-refractivity contribution in [3.8, 4) is 5.75 Å². The zero-order valence-corrected chi connectivity index (χ0v) is 11.7. The zero-order valence-electron chi connectivity index (χ0n) is 11.7. The summed E-state index contributed by atoms with van der Waals surface area (Å²) in [5, 5.41) is 3.93. The molecule has 0 bridgehead atoms. The standard InChI is InChI=1S/C16H18N2O2/c1-12-4-3-5-13(10-12)11-20-18-16(17)14-6-8-15(19-2)9-7-14/h3-10H,11H2,1-2H3,(H2,17,18). The number of amidine groups is 1. The van der Waals surface area contributed by atoms with Crippen LogP contribution in [0.25, 0.3) is 0 Å². The van der Waals surface area contributed by atoms with Crippen molar-refractivity contribution < 1.29 is 9.57 Å². The molecule has 0 atom stereocenters. The Bertz CT molecular complexity index is 592. The molecule has 0 saturated carbocycles. The number of ether oxygens (including phenoxy) is 1. The van der Waals surface area contributed by atoms with Crippen LogP contribution < -0.4 is 10.5 Å². The van der Waals surface area contributed by atoms with Gasteiger partial charge in [0.25, 0.3) is 0 Å². The summed E-state index contributed by atoms with van der Waals surface area (Å²) in [6, 6.07) is 15.4. The molecule has 4 heteroatoms. The van der Waals surface area contributed by atoms with Crippen LogP contribution in [0.1, 0.15) is 16.7 Å². The molecular formula is C16H18N2O2. The molecular weight excluding hydrogens is 252 g/mol. The van der Waals surface area contributed by atoms with E-state index in [0.29, 0.717) is 12.4 Å². The predicted molar refractivity (Wildman–Crippen MR) is 79.7 cm³/mol. The summed E-state index contributed by atoms with van der Waals surface area (Å²) in [6.45, 7) is 2.44. The van der Waals surface area contributed by atoms with E-state index in [1.807, 2.05) is 49.4 Å². The summed E-state index contributed by atoms with van der Waals surface area (Å²) in [7, 11) is 1.62. The lowest BCUT2D eigenvalue weighted by atomic mass is 10.1. The van der Waals surface area contributed by atoms with Crippen LogP contribution in [0.15, 0.2) is 53.7 Å². The average Bonchev–Trinajstić information content (AvgIpc) is 2.47. The van der Waals surface area contributed by atoms with Crippen molar-refractivity contribution >= 4 is 5.84 Å². The van der Waals surface area contributed by atoms with E-state index in [1.165, 1.54) is 5.56 Å². The maximum absolute atomic E-state index is 5.86. The van der Waals surface area contributed by atoms with Gasteiger partial charge in [0.2, 0.25) is 0 Å². The number of hydrogen-bond donors (Lipinski definition) is 1. The summed E-state index contributed by atoms with van der Waals surface area (Å²) in [6.07, 6.45) is 0. The number of benzene rings is 2. The van der Waals surface area contributed by atoms with Crippen LogP contribution in [-0.2, 0) is 11.4 Å². The first-order valence-corrected chi connectivity index (χ1v) is 6.34. The monoisotopic (exact) mass is 270 g/mol. The summed E-state index contributed by atoms with van der Waals surface area (Å²) < 4.78 is 5.09. The zero-order chi connectivity index (χ0) is 14.4. The van der Waals surface area contributed by atoms with Crippen molar-refractivity contribution in [3.63, 3.8) is 0 Å². The van der Waals surface area contributed by atoms with Gasteiger partial charge in [-0.2, -0.15) is 0 Å². The van der Waals surface area contributed by atoms with Gasteiger partial charge in [-0.1, -0.05) is 35.0 Å². The normalized spacial score (nSPS) is 11.2. The molecule has 2 aromatic carbocycles. The second-order valence-electron chi connectivity index (χ2n) is 4.47. The number of hydrogen-bond acceptors (Lipinski definition) is 3. The fourth-order valence-corrected chi connectivity index (χ4v) is 1.79. The Balaban J connectivity index is 1.96. The van der Waals surface area contributed by atoms with Gasteiger partial charge < -0.3 is 15.3 Å². The Labute approximate surface area is 118 Å². The Morgan fingerprint density at radius 1 is 1.15 bits per heavy atom. The van der Waals surface area contributed by atoms with Gasteiger partial charge in [-0.15, -0.1) is 0 Å². The van der Waals surface area contributed by atoms with Gasteiger partial charge in [0, 0.05) is 5.56 Å². The molecule has 0 aliphatic rings. The minimum atomic E-state index is 0.348. The maximum Gasteiger partial charge on any atom is 0.170 e. The molecule has 0 spiro atoms. The third-order valence-corrected chi connectivity index (χ3v) is 2.86. The lowest BCUT2D eigenvalue weighted by molar-refractivity contribution is 0.130. The first-order chi connectivity index (χ1) is 9.69. The summed E-state index contributed by atoms with van der Waals surface area (Å²) in [4.78, 5) is 5.28. The number of aryl methyl sites for hydroxylation is 1. The van der Waals surface area contributed by atoms with Crippen molar-refractivity contribution in [2.45, 2.75) is 13.5 Å². The molecule has 0 amide bonds. The van der Waals surface area contributed by atoms with Crippen LogP contribution in [-0.4, -0.2) is 12.9 Å². The van der Waals surface area contributed by atoms with Crippen molar-refractivity contribution in [3.05, 3.63) is 65.2 Å². The molecule has 0 unspecified atom stereocenters. The first-order valence-electron chi connectivity index (χ1n) is 6.34. The summed E-state index contributed by atoms with van der Waals surface area (Å²) in [5.74, 6) is 1.13. The molecule has 0 aliphatic heterocycles. The highest BCUT2D eigenvalue weighted by molar-refractivity contribution is 5.97. The molecule has 0 heterocycles. The molecule has 20 heavy (non-hydrogen) atoms. The van der Waals surface area contributed by atoms with E-state index < -0.39 is 0 Å². The molecule has 0 radical (unpaired) electrons. The minimum Gasteiger partial charge on any atom is -0.497 e. The van der Waals surface area contributed by atoms with E-state index in [9.17, 15) is 0 Å². The highest BCUT2D eigenvalue weighted by Crippen LogP contribution is 2.11. The van der Waals surface area contributed by atoms with E-state index in [2.05, 4.69) is 11.2 Å². The topological polar surface area (TPSA) is 56.8 Å². The van der Waals surface area contributed by atoms with Crippen LogP contribution in [0.4, 0.5) is 0 Å². The van der Waals surface area contributed by atoms with Crippen LogP contribution in [0.5, 0.6) is 5.75 Å². The molecule has 2 N–H and O–H groups in total. The molecule has 0 aromatic heterocycles. The third kappa shape index (κ3) is 3.75. The highest BCUT2D eigenvalue weighted by atomic mass is 16.6. The minimum absolute atomic E-state index is 0.348. The van der Waals surface area contributed by atoms with Gasteiger partial charge in [0.15, 0.2) is 5.84 Å². The fourth-order valence-electron chi connectivity index (χ4n) is 1.79. The number of nitrogens with zero attached hydrogens (tertiary/aromatic N) is 1. The Hall–Kier alpha value is -2.49. The SMILES string of the molecule is COc1ccc(/C(N)=N/OCc2cccc(C)c2)cc1. The van der Waals surface area contributed by atoms with E-state index in [-0.39, 0.29) is 0 Å². The molecule has 2 rings (SSSR count). The lowest BCUT2D eigenvalue weighted by Gasteiger charge is -2.04. The second-order valence-corrected chi connectivity index (χ2v) is 4.47. The van der Waals surface area contributed by atoms with Gasteiger partial charge in [0.05, 0.1) is 7.11 Å². The van der Waals surface area contributed by atoms with Crippen LogP contribution in [0.3, 0.4) is 0 Å². The molecule has 0 fully saturated rings. The Morgan fingerprint density at radius 3 is 2.55 bits per heavy atom. The van der Waals surface area contributed by atoms with Gasteiger partial charge in [-0.3, -0.25) is 0 Å². The number of rotatable bonds is 5. The van der Waals surface area contributed by atoms with E-state index >= 15 is 0 Å². The van der Waals surface area contributed by atoms with Crippen molar-refractivity contribution in [2.75, 3.05) is 7.11 Å². The number of oxime groups is 1. The van der Waals surface area contributed by atoms with Crippen LogP contribution in [0, 0.1) is 6.92 Å². The quantitative estimate of drug-likeness (QED) is 0.516. The average molecular weight is 270 g/mol. The molecule has 0 aliphatic carbocycles. The van der Waals surface area contributed by atoms with Gasteiger partial charge in [-0.25, -0.2) is 0 Å². The van der Waals surface area contributed by atoms with Gasteiger partial charge in [0.1, 0.15) is 12.4 Å². The largest absolute Gasteiger partial charge is 0.497 e. The van der Waals surface area contributed by atoms with E-state index in [4.69, 9.17) is 15.3 Å². The molecule has 0 saturated heterocycles. The molecule has 2 aromatic rings. The summed E-state index contributed by atoms with van der Waals surface area (Å²) in [5.41, 5.74) is 8.92. The summed E-state index contributed by atoms with van der Waals surface area (Å²) >= 11 is 0. The van der Waals surface area contributed by atoms with E-state index in [1.54, 1.807) is 7.11 Å². The van der Waals surface area contributed by atoms with Crippen LogP contribution >= 0.6 is 0 Å².